The molecule has 0 aliphatic carbocycles. The Hall–Kier alpha value is -4.04. The van der Waals surface area contributed by atoms with Crippen molar-refractivity contribution in [2.24, 2.45) is 11.8 Å². The van der Waals surface area contributed by atoms with Crippen LogP contribution in [-0.2, 0) is 33.4 Å². The van der Waals surface area contributed by atoms with E-state index in [0.717, 1.165) is 0 Å². The van der Waals surface area contributed by atoms with E-state index in [1.807, 2.05) is 6.07 Å². The van der Waals surface area contributed by atoms with Crippen molar-refractivity contribution in [3.8, 4) is 5.75 Å². The molecule has 2 N–H and O–H groups in total. The largest absolute Gasteiger partial charge is 0.497 e. The predicted octanol–water partition coefficient (Wildman–Crippen LogP) is 3.72. The number of hydrogen-bond acceptors (Lipinski definition) is 9. The van der Waals surface area contributed by atoms with Gasteiger partial charge in [-0.05, 0) is 49.6 Å². The number of likely N-dealkylation sites (tertiary alicyclic amines) is 1. The van der Waals surface area contributed by atoms with Crippen LogP contribution in [0.4, 0.5) is 5.69 Å². The monoisotopic (exact) mass is 767 g/mol. The highest BCUT2D eigenvalue weighted by molar-refractivity contribution is 9.09. The van der Waals surface area contributed by atoms with Gasteiger partial charge in [-0.3, -0.25) is 19.2 Å². The third kappa shape index (κ3) is 7.35. The van der Waals surface area contributed by atoms with Gasteiger partial charge in [0, 0.05) is 30.6 Å². The number of nitrogens with zero attached hydrogens (tertiary/aromatic N) is 2. The zero-order chi connectivity index (χ0) is 36.9. The highest BCUT2D eigenvalue weighted by Gasteiger charge is 2.77. The average molecular weight is 769 g/mol. The first-order chi connectivity index (χ1) is 24.6. The molecule has 5 rings (SSSR count). The van der Waals surface area contributed by atoms with Crippen molar-refractivity contribution < 1.29 is 43.2 Å². The average Bonchev–Trinajstić information content (AvgIpc) is 3.74. The number of halogens is 1. The minimum atomic E-state index is -1.40. The van der Waals surface area contributed by atoms with E-state index in [9.17, 15) is 24.3 Å². The molecule has 1 unspecified atom stereocenters. The number of aliphatic hydroxyl groups is 1. The van der Waals surface area contributed by atoms with Crippen LogP contribution in [0.15, 0.2) is 79.9 Å². The maximum absolute atomic E-state index is 14.8. The van der Waals surface area contributed by atoms with Crippen LogP contribution in [0.25, 0.3) is 0 Å². The van der Waals surface area contributed by atoms with Crippen LogP contribution >= 0.6 is 15.9 Å². The van der Waals surface area contributed by atoms with Gasteiger partial charge in [0.15, 0.2) is 0 Å². The first-order valence-corrected chi connectivity index (χ1v) is 17.9. The van der Waals surface area contributed by atoms with E-state index in [0.29, 0.717) is 23.4 Å². The molecular formula is C38H46BrN3O9. The number of esters is 1. The number of carbonyl (C=O) groups is 4. The Morgan fingerprint density at radius 2 is 1.84 bits per heavy atom. The van der Waals surface area contributed by atoms with Gasteiger partial charge in [-0.1, -0.05) is 58.4 Å². The third-order valence-corrected chi connectivity index (χ3v) is 10.8. The van der Waals surface area contributed by atoms with Crippen LogP contribution in [0.3, 0.4) is 0 Å². The molecule has 3 aliphatic heterocycles. The van der Waals surface area contributed by atoms with Gasteiger partial charge in [0.1, 0.15) is 23.5 Å². The van der Waals surface area contributed by atoms with Crippen LogP contribution in [0.2, 0.25) is 0 Å². The number of aliphatic hydroxyl groups excluding tert-OH is 1. The number of carbonyl (C=O) groups excluding carboxylic acids is 4. The molecule has 3 heterocycles. The minimum Gasteiger partial charge on any atom is -0.497 e. The lowest BCUT2D eigenvalue weighted by Gasteiger charge is -2.38. The summed E-state index contributed by atoms with van der Waals surface area (Å²) < 4.78 is 23.7. The quantitative estimate of drug-likeness (QED) is 0.140. The summed E-state index contributed by atoms with van der Waals surface area (Å²) in [6.45, 7) is 8.93. The first kappa shape index (κ1) is 38.2. The highest BCUT2D eigenvalue weighted by atomic mass is 79.9. The van der Waals surface area contributed by atoms with Crippen LogP contribution < -0.4 is 15.0 Å². The summed E-state index contributed by atoms with van der Waals surface area (Å²) in [6, 6.07) is 13.2. The Morgan fingerprint density at radius 1 is 1.14 bits per heavy atom. The van der Waals surface area contributed by atoms with E-state index in [1.165, 1.54) is 16.9 Å². The number of rotatable bonds is 17. The summed E-state index contributed by atoms with van der Waals surface area (Å²) in [5.41, 5.74) is -0.237. The lowest BCUT2D eigenvalue weighted by molar-refractivity contribution is -0.163. The van der Waals surface area contributed by atoms with Crippen LogP contribution in [0, 0.1) is 11.8 Å². The molecule has 51 heavy (non-hydrogen) atoms. The fourth-order valence-electron chi connectivity index (χ4n) is 7.67. The van der Waals surface area contributed by atoms with Crippen molar-refractivity contribution in [2.45, 2.75) is 66.9 Å². The van der Waals surface area contributed by atoms with Crippen molar-refractivity contribution in [3.63, 3.8) is 0 Å². The van der Waals surface area contributed by atoms with Gasteiger partial charge in [-0.15, -0.1) is 13.2 Å². The van der Waals surface area contributed by atoms with Gasteiger partial charge in [0.05, 0.1) is 50.3 Å². The van der Waals surface area contributed by atoms with Gasteiger partial charge >= 0.3 is 5.97 Å². The molecule has 2 aromatic carbocycles. The zero-order valence-electron chi connectivity index (χ0n) is 29.1. The fraction of sp³-hybridized carbons (Fsp3) is 0.474. The molecule has 3 aliphatic rings. The Bertz CT molecular complexity index is 1590. The van der Waals surface area contributed by atoms with Crippen molar-refractivity contribution in [1.82, 2.24) is 10.2 Å². The van der Waals surface area contributed by atoms with E-state index in [4.69, 9.17) is 18.9 Å². The smallest absolute Gasteiger partial charge is 0.313 e. The number of benzene rings is 2. The van der Waals surface area contributed by atoms with Crippen LogP contribution in [0.1, 0.15) is 37.9 Å². The fourth-order valence-corrected chi connectivity index (χ4v) is 8.61. The summed E-state index contributed by atoms with van der Waals surface area (Å²) in [5.74, 6) is -3.45. The minimum absolute atomic E-state index is 0.0352. The number of amides is 3. The molecule has 13 heteroatoms. The summed E-state index contributed by atoms with van der Waals surface area (Å²) in [4.78, 5) is 59.2. The molecule has 0 aromatic heterocycles. The molecule has 9 atom stereocenters. The van der Waals surface area contributed by atoms with E-state index in [2.05, 4.69) is 34.4 Å². The molecule has 0 saturated carbocycles. The highest BCUT2D eigenvalue weighted by Crippen LogP contribution is 2.61. The molecule has 12 nitrogen and oxygen atoms in total. The van der Waals surface area contributed by atoms with E-state index < -0.39 is 77.0 Å². The van der Waals surface area contributed by atoms with Crippen molar-refractivity contribution in [1.29, 1.82) is 0 Å². The molecule has 0 radical (unpaired) electrons. The molecule has 3 fully saturated rings. The third-order valence-electron chi connectivity index (χ3n) is 9.94. The van der Waals surface area contributed by atoms with Crippen molar-refractivity contribution >= 4 is 45.3 Å². The molecule has 3 amide bonds. The van der Waals surface area contributed by atoms with Gasteiger partial charge < -0.3 is 39.2 Å². The van der Waals surface area contributed by atoms with Crippen molar-refractivity contribution in [2.75, 3.05) is 38.9 Å². The Balaban J connectivity index is 1.52. The second-order valence-corrected chi connectivity index (χ2v) is 14.3. The normalized spacial score (nSPS) is 26.5. The Kier molecular flexibility index (Phi) is 12.4. The predicted molar refractivity (Wildman–Crippen MR) is 193 cm³/mol. The topological polar surface area (TPSA) is 144 Å². The molecule has 3 saturated heterocycles. The molecule has 2 bridgehead atoms. The lowest BCUT2D eigenvalue weighted by Crippen LogP contribution is -2.58. The summed E-state index contributed by atoms with van der Waals surface area (Å²) in [7, 11) is 3.04. The molecular weight excluding hydrogens is 722 g/mol. The molecule has 274 valence electrons. The summed E-state index contributed by atoms with van der Waals surface area (Å²) in [5, 5.41) is 13.3. The zero-order valence-corrected chi connectivity index (χ0v) is 30.7. The summed E-state index contributed by atoms with van der Waals surface area (Å²) >= 11 is 3.70. The van der Waals surface area contributed by atoms with Gasteiger partial charge in [0.25, 0.3) is 5.91 Å². The maximum Gasteiger partial charge on any atom is 0.313 e. The lowest BCUT2D eigenvalue weighted by atomic mass is 9.70. The number of nitrogens with one attached hydrogen (secondary N) is 1. The number of hydrogen-bond donors (Lipinski definition) is 2. The number of fused-ring (bicyclic) bond motifs is 1. The van der Waals surface area contributed by atoms with Crippen LogP contribution in [0.5, 0.6) is 5.75 Å². The number of anilines is 1. The molecule has 1 spiro atoms. The first-order valence-electron chi connectivity index (χ1n) is 17.0. The van der Waals surface area contributed by atoms with Gasteiger partial charge in [-0.25, -0.2) is 0 Å². The Labute approximate surface area is 306 Å². The Morgan fingerprint density at radius 3 is 2.45 bits per heavy atom. The maximum atomic E-state index is 14.8. The second kappa shape index (κ2) is 16.5. The molecule has 2 aromatic rings. The van der Waals surface area contributed by atoms with Crippen LogP contribution in [-0.4, -0.2) is 102 Å². The van der Waals surface area contributed by atoms with Crippen molar-refractivity contribution in [3.05, 3.63) is 85.5 Å². The second-order valence-electron chi connectivity index (χ2n) is 13.1. The van der Waals surface area contributed by atoms with E-state index in [1.54, 1.807) is 74.7 Å². The number of ether oxygens (including phenoxy) is 4. The van der Waals surface area contributed by atoms with Gasteiger partial charge in [0.2, 0.25) is 11.8 Å². The number of alkyl halides is 1. The van der Waals surface area contributed by atoms with Gasteiger partial charge in [-0.2, -0.15) is 0 Å². The number of methoxy groups -OCH3 is 2. The SMILES string of the molecule is C=CCCC(=O)N[C@H](COC)[C@H](OC(=O)[C@@H]1[C@H]2O[C@@]3(CC2Br)[C@H](C(=O)N(CC=C)c2ccc(OC)cc2)N([C@H](C)CO)C(=O)[C@@H]13)c1ccccc1. The standard InChI is InChI=1S/C38H46BrN3O9/c1-6-8-14-29(44)40-28(22-48-4)32(24-12-10-9-11-13-24)50-37(47)30-31-35(45)42(23(3)21-43)34(38(31)20-27(39)33(30)51-38)36(46)41(19-7-2)25-15-17-26(49-5)18-16-25/h6-7,9-13,15-18,23,27-28,30-34,43H,1-2,8,14,19-22H2,3-5H3,(H,40,44)/t23-,27?,28-,30+,31-,32-,33+,34+,38-/m1/s1. The van der Waals surface area contributed by atoms with E-state index in [-0.39, 0.29) is 31.9 Å². The van der Waals surface area contributed by atoms with E-state index >= 15 is 0 Å². The number of allylic oxidation sites excluding steroid dienone is 1. The summed E-state index contributed by atoms with van der Waals surface area (Å²) in [6.07, 6.45) is 2.39.